The van der Waals surface area contributed by atoms with Gasteiger partial charge in [-0.3, -0.25) is 4.79 Å². The van der Waals surface area contributed by atoms with Gasteiger partial charge in [-0.15, -0.1) is 0 Å². The number of methoxy groups -OCH3 is 1. The smallest absolute Gasteiger partial charge is 0.226 e. The van der Waals surface area contributed by atoms with Crippen molar-refractivity contribution >= 4 is 28.2 Å². The fourth-order valence-corrected chi connectivity index (χ4v) is 3.84. The maximum absolute atomic E-state index is 12.2. The first kappa shape index (κ1) is 17.5. The van der Waals surface area contributed by atoms with Crippen LogP contribution < -0.4 is 20.1 Å². The molecule has 0 saturated heterocycles. The summed E-state index contributed by atoms with van der Waals surface area (Å²) in [5.74, 6) is 2.28. The largest absolute Gasteiger partial charge is 0.493 e. The molecule has 1 aromatic carbocycles. The minimum atomic E-state index is -0.0967. The summed E-state index contributed by atoms with van der Waals surface area (Å²) in [4.78, 5) is 17.7. The quantitative estimate of drug-likeness (QED) is 0.821. The molecule has 0 fully saturated rings. The van der Waals surface area contributed by atoms with Crippen LogP contribution in [-0.4, -0.2) is 31.7 Å². The number of para-hydroxylation sites is 1. The van der Waals surface area contributed by atoms with E-state index in [-0.39, 0.29) is 11.8 Å². The molecule has 7 heteroatoms. The lowest BCUT2D eigenvalue weighted by atomic mass is 9.90. The Morgan fingerprint density at radius 2 is 2.24 bits per heavy atom. The van der Waals surface area contributed by atoms with E-state index < -0.39 is 0 Å². The molecule has 134 valence electrons. The van der Waals surface area contributed by atoms with Crippen LogP contribution in [0.5, 0.6) is 11.5 Å². The first-order valence-corrected chi connectivity index (χ1v) is 9.13. The number of thiazole rings is 1. The number of rotatable bonds is 6. The number of aromatic nitrogens is 1. The summed E-state index contributed by atoms with van der Waals surface area (Å²) in [6, 6.07) is 5.82. The number of hydrogen-bond acceptors (Lipinski definition) is 6. The van der Waals surface area contributed by atoms with Crippen LogP contribution >= 0.6 is 11.3 Å². The summed E-state index contributed by atoms with van der Waals surface area (Å²) in [6.07, 6.45) is 0.365. The molecule has 0 radical (unpaired) electrons. The van der Waals surface area contributed by atoms with Gasteiger partial charge in [-0.25, -0.2) is 4.98 Å². The van der Waals surface area contributed by atoms with Crippen LogP contribution in [0.25, 0.3) is 0 Å². The van der Waals surface area contributed by atoms with Gasteiger partial charge < -0.3 is 20.1 Å². The summed E-state index contributed by atoms with van der Waals surface area (Å²) in [7, 11) is 3.45. The van der Waals surface area contributed by atoms with E-state index in [2.05, 4.69) is 29.5 Å². The van der Waals surface area contributed by atoms with Gasteiger partial charge >= 0.3 is 0 Å². The molecule has 0 aliphatic carbocycles. The highest BCUT2D eigenvalue weighted by atomic mass is 32.1. The van der Waals surface area contributed by atoms with E-state index in [1.54, 1.807) is 18.4 Å². The Morgan fingerprint density at radius 3 is 2.92 bits per heavy atom. The average molecular weight is 361 g/mol. The van der Waals surface area contributed by atoms with Crippen LogP contribution in [0.3, 0.4) is 0 Å². The predicted molar refractivity (Wildman–Crippen MR) is 100 cm³/mol. The molecule has 25 heavy (non-hydrogen) atoms. The molecule has 0 bridgehead atoms. The molecule has 1 aliphatic heterocycles. The number of ether oxygens (including phenoxy) is 2. The lowest BCUT2D eigenvalue weighted by Gasteiger charge is -2.25. The molecule has 1 aromatic heterocycles. The molecular weight excluding hydrogens is 338 g/mol. The van der Waals surface area contributed by atoms with Crippen molar-refractivity contribution in [2.45, 2.75) is 26.2 Å². The van der Waals surface area contributed by atoms with Gasteiger partial charge in [-0.2, -0.15) is 0 Å². The number of fused-ring (bicyclic) bond motifs is 1. The van der Waals surface area contributed by atoms with E-state index in [0.717, 1.165) is 15.6 Å². The number of nitrogens with one attached hydrogen (secondary N) is 2. The van der Waals surface area contributed by atoms with Crippen LogP contribution in [-0.2, 0) is 4.79 Å². The lowest BCUT2D eigenvalue weighted by Crippen LogP contribution is -2.23. The summed E-state index contributed by atoms with van der Waals surface area (Å²) >= 11 is 1.55. The first-order valence-electron chi connectivity index (χ1n) is 8.31. The van der Waals surface area contributed by atoms with Gasteiger partial charge in [0.25, 0.3) is 0 Å². The topological polar surface area (TPSA) is 72.5 Å². The van der Waals surface area contributed by atoms with Crippen molar-refractivity contribution < 1.29 is 14.3 Å². The zero-order valence-corrected chi connectivity index (χ0v) is 15.7. The van der Waals surface area contributed by atoms with Crippen molar-refractivity contribution in [2.24, 2.45) is 5.92 Å². The van der Waals surface area contributed by atoms with E-state index in [9.17, 15) is 4.79 Å². The fraction of sp³-hybridized carbons (Fsp3) is 0.444. The lowest BCUT2D eigenvalue weighted by molar-refractivity contribution is -0.116. The summed E-state index contributed by atoms with van der Waals surface area (Å²) in [6.45, 7) is 4.79. The van der Waals surface area contributed by atoms with Gasteiger partial charge in [-0.05, 0) is 12.0 Å². The van der Waals surface area contributed by atoms with Crippen molar-refractivity contribution in [3.8, 4) is 11.5 Å². The van der Waals surface area contributed by atoms with E-state index in [1.165, 1.54) is 0 Å². The van der Waals surface area contributed by atoms with Crippen molar-refractivity contribution in [1.29, 1.82) is 0 Å². The fourth-order valence-electron chi connectivity index (χ4n) is 2.85. The van der Waals surface area contributed by atoms with Gasteiger partial charge in [0.1, 0.15) is 5.82 Å². The highest BCUT2D eigenvalue weighted by Gasteiger charge is 2.33. The second kappa shape index (κ2) is 7.31. The van der Waals surface area contributed by atoms with Crippen molar-refractivity contribution in [1.82, 2.24) is 4.98 Å². The van der Waals surface area contributed by atoms with E-state index in [1.807, 2.05) is 25.2 Å². The van der Waals surface area contributed by atoms with Crippen LogP contribution in [0.4, 0.5) is 10.9 Å². The predicted octanol–water partition coefficient (Wildman–Crippen LogP) is 3.70. The molecular formula is C18H23N3O3S. The molecule has 6 nitrogen and oxygen atoms in total. The maximum Gasteiger partial charge on any atom is 0.226 e. The third kappa shape index (κ3) is 3.56. The Labute approximate surface area is 151 Å². The van der Waals surface area contributed by atoms with Crippen molar-refractivity contribution in [3.63, 3.8) is 0 Å². The molecule has 0 saturated carbocycles. The summed E-state index contributed by atoms with van der Waals surface area (Å²) in [5.41, 5.74) is 0.961. The summed E-state index contributed by atoms with van der Waals surface area (Å²) in [5, 5.41) is 6.69. The number of hydrogen-bond donors (Lipinski definition) is 2. The molecule has 3 rings (SSSR count). The van der Waals surface area contributed by atoms with E-state index >= 15 is 0 Å². The van der Waals surface area contributed by atoms with Gasteiger partial charge in [0.15, 0.2) is 16.6 Å². The zero-order chi connectivity index (χ0) is 18.0. The van der Waals surface area contributed by atoms with Crippen LogP contribution in [0, 0.1) is 5.92 Å². The number of benzene rings is 1. The highest BCUT2D eigenvalue weighted by Crippen LogP contribution is 2.47. The monoisotopic (exact) mass is 361 g/mol. The molecule has 2 heterocycles. The third-order valence-corrected chi connectivity index (χ3v) is 5.18. The second-order valence-corrected chi connectivity index (χ2v) is 7.40. The van der Waals surface area contributed by atoms with E-state index in [0.29, 0.717) is 36.3 Å². The minimum Gasteiger partial charge on any atom is -0.493 e. The molecule has 1 aliphatic rings. The average Bonchev–Trinajstić information content (AvgIpc) is 3.01. The SMILES string of the molecule is CNc1nc2c(s1)[C@H](c1cccc(OC)c1OCC(C)C)CC(=O)N2. The Bertz CT molecular complexity index is 773. The number of carbonyl (C=O) groups excluding carboxylic acids is 1. The molecule has 0 unspecified atom stereocenters. The standard InChI is InChI=1S/C18H23N3O3S/c1-10(2)9-24-15-11(6-5-7-13(15)23-4)12-8-14(22)20-17-16(12)25-18(19-3)21-17/h5-7,10,12H,8-9H2,1-4H3,(H,19,21)(H,20,22)/t12-/m0/s1. The molecule has 2 aromatic rings. The highest BCUT2D eigenvalue weighted by molar-refractivity contribution is 7.16. The van der Waals surface area contributed by atoms with Crippen LogP contribution in [0.15, 0.2) is 18.2 Å². The number of carbonyl (C=O) groups is 1. The molecule has 1 atom stereocenters. The Balaban J connectivity index is 2.06. The molecule has 0 spiro atoms. The Morgan fingerprint density at radius 1 is 1.44 bits per heavy atom. The van der Waals surface area contributed by atoms with Gasteiger partial charge in [0.2, 0.25) is 5.91 Å². The minimum absolute atomic E-state index is 0.0388. The van der Waals surface area contributed by atoms with Crippen molar-refractivity contribution in [2.75, 3.05) is 31.4 Å². The number of nitrogens with zero attached hydrogens (tertiary/aromatic N) is 1. The molecule has 2 N–H and O–H groups in total. The second-order valence-electron chi connectivity index (χ2n) is 6.37. The normalized spacial score (nSPS) is 16.4. The first-order chi connectivity index (χ1) is 12.0. The van der Waals surface area contributed by atoms with E-state index in [4.69, 9.17) is 9.47 Å². The van der Waals surface area contributed by atoms with Crippen LogP contribution in [0.2, 0.25) is 0 Å². The van der Waals surface area contributed by atoms with Crippen LogP contribution in [0.1, 0.15) is 36.6 Å². The summed E-state index contributed by atoms with van der Waals surface area (Å²) < 4.78 is 11.6. The van der Waals surface area contributed by atoms with Gasteiger partial charge in [0, 0.05) is 24.9 Å². The third-order valence-electron chi connectivity index (χ3n) is 4.00. The zero-order valence-electron chi connectivity index (χ0n) is 14.9. The number of amides is 1. The number of anilines is 2. The Kier molecular flexibility index (Phi) is 5.13. The van der Waals surface area contributed by atoms with Gasteiger partial charge in [0.05, 0.1) is 18.6 Å². The maximum atomic E-state index is 12.2. The Hall–Kier alpha value is -2.28. The van der Waals surface area contributed by atoms with Crippen molar-refractivity contribution in [3.05, 3.63) is 28.6 Å². The van der Waals surface area contributed by atoms with Gasteiger partial charge in [-0.1, -0.05) is 37.3 Å². The molecule has 1 amide bonds.